The molecule has 0 saturated carbocycles. The molecular weight excluding hydrogens is 220 g/mol. The molecule has 2 aliphatic rings. The van der Waals surface area contributed by atoms with E-state index in [2.05, 4.69) is 10.6 Å². The number of carbonyl (C=O) groups excluding carboxylic acids is 2. The zero-order chi connectivity index (χ0) is 12.1. The molecule has 2 fully saturated rings. The van der Waals surface area contributed by atoms with Crippen molar-refractivity contribution in [3.8, 4) is 0 Å². The standard InChI is InChI=1S/C12H20N2O3/c15-11-5-4-9(7-13-11)12(16)14-8-10-3-1-2-6-17-10/h9-10H,1-8H2,(H,13,15)(H,14,16). The van der Waals surface area contributed by atoms with Crippen LogP contribution in [0.4, 0.5) is 0 Å². The Labute approximate surface area is 101 Å². The van der Waals surface area contributed by atoms with Gasteiger partial charge in [0, 0.05) is 26.1 Å². The van der Waals surface area contributed by atoms with Crippen molar-refractivity contribution in [2.24, 2.45) is 5.92 Å². The third-order valence-corrected chi connectivity index (χ3v) is 3.41. The first kappa shape index (κ1) is 12.4. The van der Waals surface area contributed by atoms with Gasteiger partial charge in [-0.2, -0.15) is 0 Å². The summed E-state index contributed by atoms with van der Waals surface area (Å²) in [5, 5.41) is 5.64. The van der Waals surface area contributed by atoms with E-state index in [4.69, 9.17) is 4.74 Å². The number of hydrogen-bond acceptors (Lipinski definition) is 3. The van der Waals surface area contributed by atoms with Gasteiger partial charge < -0.3 is 15.4 Å². The molecule has 2 saturated heterocycles. The van der Waals surface area contributed by atoms with Gasteiger partial charge in [0.05, 0.1) is 12.0 Å². The molecule has 0 bridgehead atoms. The maximum absolute atomic E-state index is 11.8. The maximum atomic E-state index is 11.8. The summed E-state index contributed by atoms with van der Waals surface area (Å²) in [5.41, 5.74) is 0. The largest absolute Gasteiger partial charge is 0.376 e. The second kappa shape index (κ2) is 6.00. The van der Waals surface area contributed by atoms with Crippen molar-refractivity contribution >= 4 is 11.8 Å². The van der Waals surface area contributed by atoms with Crippen molar-refractivity contribution in [2.75, 3.05) is 19.7 Å². The van der Waals surface area contributed by atoms with Crippen LogP contribution in [0.3, 0.4) is 0 Å². The number of ether oxygens (including phenoxy) is 1. The van der Waals surface area contributed by atoms with E-state index < -0.39 is 0 Å². The smallest absolute Gasteiger partial charge is 0.224 e. The average molecular weight is 240 g/mol. The fraction of sp³-hybridized carbons (Fsp3) is 0.833. The molecule has 2 heterocycles. The van der Waals surface area contributed by atoms with Crippen molar-refractivity contribution in [1.82, 2.24) is 10.6 Å². The van der Waals surface area contributed by atoms with Crippen molar-refractivity contribution in [1.29, 1.82) is 0 Å². The van der Waals surface area contributed by atoms with E-state index >= 15 is 0 Å². The molecule has 2 unspecified atom stereocenters. The number of hydrogen-bond donors (Lipinski definition) is 2. The van der Waals surface area contributed by atoms with E-state index in [1.165, 1.54) is 6.42 Å². The topological polar surface area (TPSA) is 67.4 Å². The van der Waals surface area contributed by atoms with Crippen molar-refractivity contribution < 1.29 is 14.3 Å². The van der Waals surface area contributed by atoms with Crippen LogP contribution in [0.2, 0.25) is 0 Å². The molecule has 2 atom stereocenters. The van der Waals surface area contributed by atoms with E-state index in [1.54, 1.807) is 0 Å². The van der Waals surface area contributed by atoms with Crippen LogP contribution in [0.15, 0.2) is 0 Å². The first-order valence-corrected chi connectivity index (χ1v) is 6.41. The van der Waals surface area contributed by atoms with Crippen LogP contribution in [0.1, 0.15) is 32.1 Å². The molecule has 2 rings (SSSR count). The van der Waals surface area contributed by atoms with Crippen molar-refractivity contribution in [3.63, 3.8) is 0 Å². The lowest BCUT2D eigenvalue weighted by Gasteiger charge is -2.25. The predicted molar refractivity (Wildman–Crippen MR) is 62.3 cm³/mol. The monoisotopic (exact) mass is 240 g/mol. The Morgan fingerprint density at radius 1 is 1.41 bits per heavy atom. The minimum atomic E-state index is -0.0729. The van der Waals surface area contributed by atoms with Gasteiger partial charge in [0.15, 0.2) is 0 Å². The molecule has 17 heavy (non-hydrogen) atoms. The predicted octanol–water partition coefficient (Wildman–Crippen LogP) is 0.198. The van der Waals surface area contributed by atoms with Crippen LogP contribution in [-0.2, 0) is 14.3 Å². The van der Waals surface area contributed by atoms with Crippen molar-refractivity contribution in [3.05, 3.63) is 0 Å². The fourth-order valence-corrected chi connectivity index (χ4v) is 2.28. The third-order valence-electron chi connectivity index (χ3n) is 3.41. The summed E-state index contributed by atoms with van der Waals surface area (Å²) >= 11 is 0. The molecule has 0 aromatic heterocycles. The molecule has 96 valence electrons. The van der Waals surface area contributed by atoms with Gasteiger partial charge in [0.25, 0.3) is 0 Å². The minimum absolute atomic E-state index is 0.0409. The average Bonchev–Trinajstić information content (AvgIpc) is 2.38. The van der Waals surface area contributed by atoms with Gasteiger partial charge in [-0.25, -0.2) is 0 Å². The molecular formula is C12H20N2O3. The van der Waals surface area contributed by atoms with Crippen LogP contribution in [0.5, 0.6) is 0 Å². The minimum Gasteiger partial charge on any atom is -0.376 e. The highest BCUT2D eigenvalue weighted by molar-refractivity contribution is 5.83. The maximum Gasteiger partial charge on any atom is 0.224 e. The van der Waals surface area contributed by atoms with Gasteiger partial charge in [0.1, 0.15) is 0 Å². The Bertz CT molecular complexity index is 277. The van der Waals surface area contributed by atoms with Gasteiger partial charge in [-0.1, -0.05) is 0 Å². The normalized spacial score (nSPS) is 29.5. The Kier molecular flexibility index (Phi) is 4.36. The van der Waals surface area contributed by atoms with E-state index in [0.29, 0.717) is 25.9 Å². The van der Waals surface area contributed by atoms with Gasteiger partial charge in [-0.15, -0.1) is 0 Å². The lowest BCUT2D eigenvalue weighted by atomic mass is 9.98. The molecule has 5 nitrogen and oxygen atoms in total. The number of rotatable bonds is 3. The van der Waals surface area contributed by atoms with Crippen LogP contribution in [-0.4, -0.2) is 37.6 Å². The highest BCUT2D eigenvalue weighted by atomic mass is 16.5. The summed E-state index contributed by atoms with van der Waals surface area (Å²) < 4.78 is 5.55. The highest BCUT2D eigenvalue weighted by Crippen LogP contribution is 2.13. The third kappa shape index (κ3) is 3.70. The van der Waals surface area contributed by atoms with Crippen LogP contribution < -0.4 is 10.6 Å². The Hall–Kier alpha value is -1.10. The van der Waals surface area contributed by atoms with Gasteiger partial charge in [0.2, 0.25) is 11.8 Å². The first-order chi connectivity index (χ1) is 8.25. The molecule has 5 heteroatoms. The quantitative estimate of drug-likeness (QED) is 0.740. The molecule has 2 amide bonds. The SMILES string of the molecule is O=C1CCC(C(=O)NCC2CCCCO2)CN1. The molecule has 0 radical (unpaired) electrons. The number of carbonyl (C=O) groups is 2. The number of piperidine rings is 1. The Morgan fingerprint density at radius 3 is 2.94 bits per heavy atom. The lowest BCUT2D eigenvalue weighted by molar-refractivity contribution is -0.129. The molecule has 0 aromatic carbocycles. The van der Waals surface area contributed by atoms with Crippen LogP contribution in [0.25, 0.3) is 0 Å². The van der Waals surface area contributed by atoms with E-state index in [9.17, 15) is 9.59 Å². The Balaban J connectivity index is 1.67. The fourth-order valence-electron chi connectivity index (χ4n) is 2.28. The molecule has 0 spiro atoms. The van der Waals surface area contributed by atoms with Crippen molar-refractivity contribution in [2.45, 2.75) is 38.2 Å². The summed E-state index contributed by atoms with van der Waals surface area (Å²) in [6.45, 7) is 1.87. The molecule has 0 aliphatic carbocycles. The summed E-state index contributed by atoms with van der Waals surface area (Å²) in [6.07, 6.45) is 4.62. The summed E-state index contributed by atoms with van der Waals surface area (Å²) in [6, 6.07) is 0. The summed E-state index contributed by atoms with van der Waals surface area (Å²) in [4.78, 5) is 22.8. The highest BCUT2D eigenvalue weighted by Gasteiger charge is 2.25. The second-order valence-corrected chi connectivity index (χ2v) is 4.77. The second-order valence-electron chi connectivity index (χ2n) is 4.77. The molecule has 2 aliphatic heterocycles. The molecule has 0 aromatic rings. The van der Waals surface area contributed by atoms with Crippen LogP contribution >= 0.6 is 0 Å². The zero-order valence-electron chi connectivity index (χ0n) is 10.0. The van der Waals surface area contributed by atoms with Gasteiger partial charge >= 0.3 is 0 Å². The summed E-state index contributed by atoms with van der Waals surface area (Å²) in [7, 11) is 0. The van der Waals surface area contributed by atoms with Crippen LogP contribution in [0, 0.1) is 5.92 Å². The van der Waals surface area contributed by atoms with E-state index in [1.807, 2.05) is 0 Å². The van der Waals surface area contributed by atoms with E-state index in [0.717, 1.165) is 19.4 Å². The summed E-state index contributed by atoms with van der Waals surface area (Å²) in [5.74, 6) is 0.0140. The van der Waals surface area contributed by atoms with E-state index in [-0.39, 0.29) is 23.8 Å². The lowest BCUT2D eigenvalue weighted by Crippen LogP contribution is -2.45. The first-order valence-electron chi connectivity index (χ1n) is 6.41. The van der Waals surface area contributed by atoms with Gasteiger partial charge in [-0.05, 0) is 25.7 Å². The zero-order valence-corrected chi connectivity index (χ0v) is 10.0. The molecule has 2 N–H and O–H groups in total. The number of amides is 2. The van der Waals surface area contributed by atoms with Gasteiger partial charge in [-0.3, -0.25) is 9.59 Å². The number of nitrogens with one attached hydrogen (secondary N) is 2. The Morgan fingerprint density at radius 2 is 2.29 bits per heavy atom.